The monoisotopic (exact) mass is 298 g/mol. The van der Waals surface area contributed by atoms with Crippen molar-refractivity contribution in [1.82, 2.24) is 5.43 Å². The molecule has 0 unspecified atom stereocenters. The van der Waals surface area contributed by atoms with Gasteiger partial charge >= 0.3 is 0 Å². The summed E-state index contributed by atoms with van der Waals surface area (Å²) in [6, 6.07) is 15.3. The highest BCUT2D eigenvalue weighted by atomic mass is 16.5. The van der Waals surface area contributed by atoms with Crippen LogP contribution in [0, 0.1) is 0 Å². The van der Waals surface area contributed by atoms with E-state index >= 15 is 0 Å². The first kappa shape index (κ1) is 15.9. The van der Waals surface area contributed by atoms with Gasteiger partial charge in [-0.25, -0.2) is 0 Å². The lowest BCUT2D eigenvalue weighted by Gasteiger charge is -2.12. The van der Waals surface area contributed by atoms with Crippen molar-refractivity contribution in [2.24, 2.45) is 5.10 Å². The molecule has 0 fully saturated rings. The van der Waals surface area contributed by atoms with Crippen molar-refractivity contribution >= 4 is 5.71 Å². The van der Waals surface area contributed by atoms with Crippen LogP contribution in [-0.4, -0.2) is 17.4 Å². The molecule has 0 radical (unpaired) electrons. The average Bonchev–Trinajstić information content (AvgIpc) is 2.53. The Labute approximate surface area is 131 Å². The molecular weight excluding hydrogens is 276 g/mol. The van der Waals surface area contributed by atoms with E-state index < -0.39 is 0 Å². The van der Waals surface area contributed by atoms with E-state index in [1.807, 2.05) is 50.2 Å². The Morgan fingerprint density at radius 2 is 1.91 bits per heavy atom. The zero-order valence-corrected chi connectivity index (χ0v) is 13.0. The fourth-order valence-corrected chi connectivity index (χ4v) is 2.12. The summed E-state index contributed by atoms with van der Waals surface area (Å²) >= 11 is 0. The van der Waals surface area contributed by atoms with E-state index in [0.717, 1.165) is 12.0 Å². The average molecular weight is 298 g/mol. The molecule has 0 aromatic heterocycles. The molecule has 2 N–H and O–H groups in total. The van der Waals surface area contributed by atoms with E-state index in [-0.39, 0.29) is 5.75 Å². The van der Waals surface area contributed by atoms with E-state index in [1.165, 1.54) is 0 Å². The van der Waals surface area contributed by atoms with E-state index in [2.05, 4.69) is 10.5 Å². The highest BCUT2D eigenvalue weighted by Crippen LogP contribution is 2.28. The standard InChI is InChI=1S/C18H22N2O2/c1-3-12-22-17-11-7-10-16(21)18(17)14(2)20-19-13-15-8-5-4-6-9-15/h4-11,19,21H,3,12-13H2,1-2H3/b20-14-. The molecule has 0 heterocycles. The van der Waals surface area contributed by atoms with Crippen LogP contribution in [-0.2, 0) is 6.54 Å². The van der Waals surface area contributed by atoms with Gasteiger partial charge in [-0.15, -0.1) is 0 Å². The lowest BCUT2D eigenvalue weighted by atomic mass is 10.1. The maximum Gasteiger partial charge on any atom is 0.132 e. The van der Waals surface area contributed by atoms with Crippen LogP contribution in [0.25, 0.3) is 0 Å². The first-order valence-electron chi connectivity index (χ1n) is 7.48. The Bertz CT molecular complexity index is 624. The third-order valence-corrected chi connectivity index (χ3v) is 3.20. The fraction of sp³-hybridized carbons (Fsp3) is 0.278. The quantitative estimate of drug-likeness (QED) is 0.605. The molecule has 0 aliphatic heterocycles. The number of hydrogen-bond donors (Lipinski definition) is 2. The molecule has 4 heteroatoms. The maximum absolute atomic E-state index is 10.1. The SMILES string of the molecule is CCCOc1cccc(O)c1/C(C)=N\NCc1ccccc1. The molecule has 2 rings (SSSR count). The summed E-state index contributed by atoms with van der Waals surface area (Å²) in [4.78, 5) is 0. The van der Waals surface area contributed by atoms with Gasteiger partial charge in [-0.05, 0) is 31.0 Å². The minimum atomic E-state index is 0.177. The molecule has 2 aromatic carbocycles. The van der Waals surface area contributed by atoms with E-state index in [9.17, 15) is 5.11 Å². The van der Waals surface area contributed by atoms with Gasteiger partial charge in [0.25, 0.3) is 0 Å². The molecule has 4 nitrogen and oxygen atoms in total. The second-order valence-corrected chi connectivity index (χ2v) is 5.02. The van der Waals surface area contributed by atoms with Crippen LogP contribution in [0.2, 0.25) is 0 Å². The smallest absolute Gasteiger partial charge is 0.132 e. The predicted octanol–water partition coefficient (Wildman–Crippen LogP) is 3.69. The van der Waals surface area contributed by atoms with Gasteiger partial charge in [0.2, 0.25) is 0 Å². The summed E-state index contributed by atoms with van der Waals surface area (Å²) in [6.45, 7) is 5.15. The first-order chi connectivity index (χ1) is 10.7. The summed E-state index contributed by atoms with van der Waals surface area (Å²) < 4.78 is 5.68. The number of rotatable bonds is 7. The van der Waals surface area contributed by atoms with Crippen molar-refractivity contribution in [3.8, 4) is 11.5 Å². The van der Waals surface area contributed by atoms with Crippen LogP contribution in [0.5, 0.6) is 11.5 Å². The summed E-state index contributed by atoms with van der Waals surface area (Å²) in [7, 11) is 0. The van der Waals surface area contributed by atoms with Crippen LogP contribution >= 0.6 is 0 Å². The Kier molecular flexibility index (Phi) is 5.83. The summed E-state index contributed by atoms with van der Waals surface area (Å²) in [5, 5.41) is 14.4. The lowest BCUT2D eigenvalue weighted by molar-refractivity contribution is 0.315. The van der Waals surface area contributed by atoms with Gasteiger partial charge in [0.1, 0.15) is 11.5 Å². The Hall–Kier alpha value is -2.49. The topological polar surface area (TPSA) is 53.9 Å². The van der Waals surface area contributed by atoms with Crippen molar-refractivity contribution in [3.05, 3.63) is 59.7 Å². The number of phenolic OH excluding ortho intramolecular Hbond substituents is 1. The van der Waals surface area contributed by atoms with Crippen molar-refractivity contribution in [1.29, 1.82) is 0 Å². The third-order valence-electron chi connectivity index (χ3n) is 3.20. The molecular formula is C18H22N2O2. The third kappa shape index (κ3) is 4.25. The van der Waals surface area contributed by atoms with Crippen LogP contribution in [0.15, 0.2) is 53.6 Å². The summed E-state index contributed by atoms with van der Waals surface area (Å²) in [6.07, 6.45) is 0.914. The Morgan fingerprint density at radius 1 is 1.14 bits per heavy atom. The molecule has 0 spiro atoms. The molecule has 0 aliphatic rings. The van der Waals surface area contributed by atoms with Crippen molar-refractivity contribution < 1.29 is 9.84 Å². The number of aromatic hydroxyl groups is 1. The minimum absolute atomic E-state index is 0.177. The second-order valence-electron chi connectivity index (χ2n) is 5.02. The van der Waals surface area contributed by atoms with Crippen LogP contribution < -0.4 is 10.2 Å². The zero-order valence-electron chi connectivity index (χ0n) is 13.0. The van der Waals surface area contributed by atoms with Gasteiger partial charge in [-0.3, -0.25) is 0 Å². The molecule has 0 bridgehead atoms. The molecule has 0 saturated carbocycles. The van der Waals surface area contributed by atoms with E-state index in [4.69, 9.17) is 4.74 Å². The van der Waals surface area contributed by atoms with Gasteiger partial charge in [0.15, 0.2) is 0 Å². The summed E-state index contributed by atoms with van der Waals surface area (Å²) in [5.41, 5.74) is 5.51. The van der Waals surface area contributed by atoms with Gasteiger partial charge in [0, 0.05) is 0 Å². The highest BCUT2D eigenvalue weighted by Gasteiger charge is 2.12. The number of hydrogen-bond acceptors (Lipinski definition) is 4. The van der Waals surface area contributed by atoms with Crippen molar-refractivity contribution in [2.45, 2.75) is 26.8 Å². The normalized spacial score (nSPS) is 11.3. The molecule has 0 amide bonds. The number of benzene rings is 2. The molecule has 2 aromatic rings. The maximum atomic E-state index is 10.1. The lowest BCUT2D eigenvalue weighted by Crippen LogP contribution is -2.10. The Balaban J connectivity index is 2.10. The van der Waals surface area contributed by atoms with Crippen LogP contribution in [0.3, 0.4) is 0 Å². The number of ether oxygens (including phenoxy) is 1. The molecule has 22 heavy (non-hydrogen) atoms. The summed E-state index contributed by atoms with van der Waals surface area (Å²) in [5.74, 6) is 0.834. The molecule has 0 aliphatic carbocycles. The van der Waals surface area contributed by atoms with Gasteiger partial charge in [0.05, 0.1) is 24.4 Å². The highest BCUT2D eigenvalue weighted by molar-refractivity contribution is 6.03. The number of hydrazone groups is 1. The minimum Gasteiger partial charge on any atom is -0.507 e. The number of nitrogens with zero attached hydrogens (tertiary/aromatic N) is 1. The second kappa shape index (κ2) is 8.08. The van der Waals surface area contributed by atoms with E-state index in [0.29, 0.717) is 30.2 Å². The van der Waals surface area contributed by atoms with E-state index in [1.54, 1.807) is 12.1 Å². The number of nitrogens with one attached hydrogen (secondary N) is 1. The van der Waals surface area contributed by atoms with Crippen LogP contribution in [0.1, 0.15) is 31.4 Å². The molecule has 0 saturated heterocycles. The first-order valence-corrected chi connectivity index (χ1v) is 7.48. The van der Waals surface area contributed by atoms with Gasteiger partial charge in [-0.1, -0.05) is 43.3 Å². The molecule has 116 valence electrons. The fourth-order valence-electron chi connectivity index (χ4n) is 2.12. The van der Waals surface area contributed by atoms with Crippen molar-refractivity contribution in [3.63, 3.8) is 0 Å². The van der Waals surface area contributed by atoms with Gasteiger partial charge in [-0.2, -0.15) is 5.10 Å². The Morgan fingerprint density at radius 3 is 2.64 bits per heavy atom. The largest absolute Gasteiger partial charge is 0.507 e. The number of phenols is 1. The predicted molar refractivity (Wildman–Crippen MR) is 89.4 cm³/mol. The van der Waals surface area contributed by atoms with Gasteiger partial charge < -0.3 is 15.3 Å². The molecule has 0 atom stereocenters. The van der Waals surface area contributed by atoms with Crippen molar-refractivity contribution in [2.75, 3.05) is 6.61 Å². The zero-order chi connectivity index (χ0) is 15.8. The van der Waals surface area contributed by atoms with Crippen LogP contribution in [0.4, 0.5) is 0 Å².